The number of carbonyl (C=O) groups is 2. The molecular weight excluding hydrogens is 318 g/mol. The van der Waals surface area contributed by atoms with Gasteiger partial charge >= 0.3 is 6.09 Å². The molecule has 23 heavy (non-hydrogen) atoms. The van der Waals surface area contributed by atoms with Gasteiger partial charge in [0.05, 0.1) is 17.7 Å². The van der Waals surface area contributed by atoms with E-state index in [2.05, 4.69) is 0 Å². The number of carbonyl (C=O) groups excluding carboxylic acids is 2. The van der Waals surface area contributed by atoms with Crippen molar-refractivity contribution in [1.29, 1.82) is 0 Å². The highest BCUT2D eigenvalue weighted by molar-refractivity contribution is 6.32. The van der Waals surface area contributed by atoms with Crippen LogP contribution in [0, 0.1) is 0 Å². The minimum atomic E-state index is -0.798. The zero-order valence-corrected chi connectivity index (χ0v) is 14.8. The lowest BCUT2D eigenvalue weighted by Gasteiger charge is -2.35. The van der Waals surface area contributed by atoms with Crippen LogP contribution in [0.3, 0.4) is 0 Å². The van der Waals surface area contributed by atoms with Crippen molar-refractivity contribution in [2.24, 2.45) is 0 Å². The quantitative estimate of drug-likeness (QED) is 0.758. The summed E-state index contributed by atoms with van der Waals surface area (Å²) < 4.78 is 11.3. The average Bonchev–Trinajstić information content (AvgIpc) is 2.73. The number of nitrogens with zero attached hydrogens (tertiary/aromatic N) is 1. The molecule has 1 saturated heterocycles. The molecule has 6 heteroatoms. The fourth-order valence-electron chi connectivity index (χ4n) is 2.57. The molecule has 1 aromatic rings. The zero-order chi connectivity index (χ0) is 17.4. The molecule has 126 valence electrons. The van der Waals surface area contributed by atoms with E-state index >= 15 is 0 Å². The Morgan fingerprint density at radius 1 is 1.43 bits per heavy atom. The van der Waals surface area contributed by atoms with Crippen LogP contribution in [-0.4, -0.2) is 35.2 Å². The molecule has 1 fully saturated rings. The Hall–Kier alpha value is -1.59. The van der Waals surface area contributed by atoms with Gasteiger partial charge < -0.3 is 9.47 Å². The number of benzene rings is 1. The molecule has 0 N–H and O–H groups in total. The number of ether oxygens (including phenoxy) is 2. The predicted octanol–water partition coefficient (Wildman–Crippen LogP) is 4.20. The fourth-order valence-corrected chi connectivity index (χ4v) is 2.73. The van der Waals surface area contributed by atoms with Crippen molar-refractivity contribution >= 4 is 24.0 Å². The Balaban J connectivity index is 2.37. The van der Waals surface area contributed by atoms with Crippen molar-refractivity contribution < 1.29 is 19.1 Å². The molecule has 0 radical (unpaired) electrons. The van der Waals surface area contributed by atoms with Gasteiger partial charge in [0, 0.05) is 5.56 Å². The molecule has 5 nitrogen and oxygen atoms in total. The summed E-state index contributed by atoms with van der Waals surface area (Å²) in [5.74, 6) is 0. The molecule has 0 bridgehead atoms. The summed E-state index contributed by atoms with van der Waals surface area (Å²) in [6, 6.07) is 4.79. The van der Waals surface area contributed by atoms with Crippen LogP contribution in [0.15, 0.2) is 18.2 Å². The third-order valence-electron chi connectivity index (χ3n) is 3.61. The number of amides is 1. The number of hydrogen-bond acceptors (Lipinski definition) is 4. The third kappa shape index (κ3) is 3.85. The smallest absolute Gasteiger partial charge is 0.413 e. The van der Waals surface area contributed by atoms with Gasteiger partial charge in [-0.3, -0.25) is 9.69 Å². The maximum atomic E-state index is 12.6. The number of rotatable bonds is 2. The number of halogens is 1. The van der Waals surface area contributed by atoms with Crippen LogP contribution in [-0.2, 0) is 9.47 Å². The van der Waals surface area contributed by atoms with E-state index in [0.717, 1.165) is 5.56 Å². The number of hydrogen-bond donors (Lipinski definition) is 0. The first-order chi connectivity index (χ1) is 10.5. The van der Waals surface area contributed by atoms with Crippen LogP contribution in [0.1, 0.15) is 56.6 Å². The molecule has 1 aliphatic rings. The van der Waals surface area contributed by atoms with Gasteiger partial charge in [-0.2, -0.15) is 0 Å². The Labute approximate surface area is 141 Å². The lowest BCUT2D eigenvalue weighted by Crippen LogP contribution is -2.47. The van der Waals surface area contributed by atoms with E-state index in [1.807, 2.05) is 34.6 Å². The summed E-state index contributed by atoms with van der Waals surface area (Å²) in [6.45, 7) is 9.40. The highest BCUT2D eigenvalue weighted by Crippen LogP contribution is 2.38. The summed E-state index contributed by atoms with van der Waals surface area (Å²) in [5.41, 5.74) is -0.228. The second-order valence-corrected chi connectivity index (χ2v) is 7.43. The van der Waals surface area contributed by atoms with Crippen LogP contribution in [0.25, 0.3) is 0 Å². The molecule has 0 aliphatic carbocycles. The van der Waals surface area contributed by atoms with Crippen LogP contribution in [0.2, 0.25) is 5.02 Å². The summed E-state index contributed by atoms with van der Waals surface area (Å²) in [5, 5.41) is 0.380. The fraction of sp³-hybridized carbons (Fsp3) is 0.529. The van der Waals surface area contributed by atoms with Gasteiger partial charge in [0.15, 0.2) is 6.29 Å². The van der Waals surface area contributed by atoms with E-state index in [1.54, 1.807) is 23.1 Å². The summed E-state index contributed by atoms with van der Waals surface area (Å²) in [4.78, 5) is 25.3. The largest absolute Gasteiger partial charge is 0.444 e. The van der Waals surface area contributed by atoms with Crippen LogP contribution >= 0.6 is 11.6 Å². The van der Waals surface area contributed by atoms with E-state index in [-0.39, 0.29) is 6.04 Å². The summed E-state index contributed by atoms with van der Waals surface area (Å²) >= 11 is 5.98. The first kappa shape index (κ1) is 17.8. The van der Waals surface area contributed by atoms with Crippen molar-refractivity contribution in [1.82, 2.24) is 4.90 Å². The SMILES string of the molecule is CC(C)(C)OC(=O)N1C(c2ccc(Cl)c(C=O)c2)COC1(C)C. The molecule has 0 aromatic heterocycles. The average molecular weight is 340 g/mol. The molecule has 1 amide bonds. The minimum absolute atomic E-state index is 0.326. The maximum absolute atomic E-state index is 12.6. The van der Waals surface area contributed by atoms with Gasteiger partial charge in [0.1, 0.15) is 11.3 Å². The van der Waals surface area contributed by atoms with Gasteiger partial charge in [0.2, 0.25) is 0 Å². The monoisotopic (exact) mass is 339 g/mol. The molecule has 2 rings (SSSR count). The highest BCUT2D eigenvalue weighted by atomic mass is 35.5. The van der Waals surface area contributed by atoms with E-state index in [0.29, 0.717) is 23.5 Å². The lowest BCUT2D eigenvalue weighted by atomic mass is 10.0. The lowest BCUT2D eigenvalue weighted by molar-refractivity contribution is -0.0626. The first-order valence-electron chi connectivity index (χ1n) is 7.46. The van der Waals surface area contributed by atoms with Crippen molar-refractivity contribution in [2.75, 3.05) is 6.61 Å². The van der Waals surface area contributed by atoms with Gasteiger partial charge in [-0.15, -0.1) is 0 Å². The Bertz CT molecular complexity index is 622. The minimum Gasteiger partial charge on any atom is -0.444 e. The van der Waals surface area contributed by atoms with Gasteiger partial charge in [-0.25, -0.2) is 4.79 Å². The van der Waals surface area contributed by atoms with Crippen LogP contribution < -0.4 is 0 Å². The van der Waals surface area contributed by atoms with E-state index in [4.69, 9.17) is 21.1 Å². The Morgan fingerprint density at radius 2 is 2.09 bits per heavy atom. The normalized spacial score (nSPS) is 20.4. The van der Waals surface area contributed by atoms with Crippen LogP contribution in [0.5, 0.6) is 0 Å². The second-order valence-electron chi connectivity index (χ2n) is 7.02. The van der Waals surface area contributed by atoms with Gasteiger partial charge in [-0.05, 0) is 52.3 Å². The zero-order valence-electron chi connectivity index (χ0n) is 14.1. The standard InChI is InChI=1S/C17H22ClNO4/c1-16(2,3)23-15(21)19-14(10-22-17(19,4)5)11-6-7-13(18)12(8-11)9-20/h6-9,14H,10H2,1-5H3. The molecule has 1 heterocycles. The third-order valence-corrected chi connectivity index (χ3v) is 3.95. The Kier molecular flexibility index (Phi) is 4.74. The Morgan fingerprint density at radius 3 is 2.65 bits per heavy atom. The predicted molar refractivity (Wildman–Crippen MR) is 87.7 cm³/mol. The highest BCUT2D eigenvalue weighted by Gasteiger charge is 2.46. The molecule has 1 atom stereocenters. The van der Waals surface area contributed by atoms with Crippen molar-refractivity contribution in [2.45, 2.75) is 52.0 Å². The van der Waals surface area contributed by atoms with Crippen LogP contribution in [0.4, 0.5) is 4.79 Å². The molecule has 0 spiro atoms. The molecule has 1 unspecified atom stereocenters. The first-order valence-corrected chi connectivity index (χ1v) is 7.84. The number of aldehydes is 1. The van der Waals surface area contributed by atoms with E-state index in [9.17, 15) is 9.59 Å². The van der Waals surface area contributed by atoms with E-state index < -0.39 is 17.4 Å². The van der Waals surface area contributed by atoms with Crippen molar-refractivity contribution in [3.8, 4) is 0 Å². The molecule has 1 aromatic carbocycles. The topological polar surface area (TPSA) is 55.8 Å². The van der Waals surface area contributed by atoms with Gasteiger partial charge in [-0.1, -0.05) is 17.7 Å². The molecular formula is C17H22ClNO4. The summed E-state index contributed by atoms with van der Waals surface area (Å²) in [7, 11) is 0. The van der Waals surface area contributed by atoms with Crippen molar-refractivity contribution in [3.05, 3.63) is 34.3 Å². The molecule has 0 saturated carbocycles. The second kappa shape index (κ2) is 6.13. The van der Waals surface area contributed by atoms with E-state index in [1.165, 1.54) is 0 Å². The van der Waals surface area contributed by atoms with Crippen molar-refractivity contribution in [3.63, 3.8) is 0 Å². The van der Waals surface area contributed by atoms with Gasteiger partial charge in [0.25, 0.3) is 0 Å². The molecule has 1 aliphatic heterocycles. The maximum Gasteiger partial charge on any atom is 0.413 e. The summed E-state index contributed by atoms with van der Waals surface area (Å²) in [6.07, 6.45) is 0.248.